The molecule has 100 valence electrons. The molecule has 0 amide bonds. The van der Waals surface area contributed by atoms with Gasteiger partial charge in [-0.25, -0.2) is 0 Å². The molecule has 2 N–H and O–H groups in total. The second-order valence-corrected chi connectivity index (χ2v) is 4.38. The van der Waals surface area contributed by atoms with Gasteiger partial charge in [0.1, 0.15) is 11.5 Å². The van der Waals surface area contributed by atoms with Gasteiger partial charge >= 0.3 is 0 Å². The van der Waals surface area contributed by atoms with Crippen LogP contribution in [0.2, 0.25) is 0 Å². The minimum atomic E-state index is -0.0160. The molecule has 1 heterocycles. The molecule has 0 saturated carbocycles. The average Bonchev–Trinajstić information content (AvgIpc) is 2.91. The van der Waals surface area contributed by atoms with Crippen LogP contribution in [0.15, 0.2) is 53.1 Å². The third kappa shape index (κ3) is 2.47. The van der Waals surface area contributed by atoms with E-state index in [2.05, 4.69) is 10.1 Å². The molecule has 0 unspecified atom stereocenters. The van der Waals surface area contributed by atoms with Crippen molar-refractivity contribution in [2.45, 2.75) is 6.42 Å². The molecular weight excluding hydrogens is 256 g/mol. The Morgan fingerprint density at radius 2 is 1.80 bits per heavy atom. The number of phenols is 2. The first-order valence-corrected chi connectivity index (χ1v) is 6.11. The van der Waals surface area contributed by atoms with Crippen molar-refractivity contribution in [3.05, 3.63) is 59.9 Å². The van der Waals surface area contributed by atoms with Gasteiger partial charge < -0.3 is 14.7 Å². The highest BCUT2D eigenvalue weighted by atomic mass is 16.5. The molecule has 3 rings (SSSR count). The molecule has 3 aromatic rings. The molecule has 0 bridgehead atoms. The van der Waals surface area contributed by atoms with Crippen molar-refractivity contribution in [2.75, 3.05) is 0 Å². The van der Waals surface area contributed by atoms with Crippen molar-refractivity contribution in [1.29, 1.82) is 0 Å². The Labute approximate surface area is 115 Å². The highest BCUT2D eigenvalue weighted by Crippen LogP contribution is 2.31. The van der Waals surface area contributed by atoms with Crippen LogP contribution in [0.25, 0.3) is 11.5 Å². The van der Waals surface area contributed by atoms with Crippen LogP contribution in [0, 0.1) is 0 Å². The van der Waals surface area contributed by atoms with E-state index in [4.69, 9.17) is 4.52 Å². The van der Waals surface area contributed by atoms with Crippen LogP contribution in [0.4, 0.5) is 0 Å². The summed E-state index contributed by atoms with van der Waals surface area (Å²) in [4.78, 5) is 4.23. The number of hydrogen-bond acceptors (Lipinski definition) is 5. The van der Waals surface area contributed by atoms with E-state index in [1.165, 1.54) is 18.2 Å². The van der Waals surface area contributed by atoms with E-state index in [1.54, 1.807) is 0 Å². The standard InChI is InChI=1S/C15H12N2O3/c18-11-6-7-13(19)12(9-11)15-16-14(17-20-15)8-10-4-2-1-3-5-10/h1-7,9,18-19H,8H2. The molecule has 0 spiro atoms. The molecule has 2 aromatic carbocycles. The average molecular weight is 268 g/mol. The lowest BCUT2D eigenvalue weighted by Crippen LogP contribution is -1.90. The van der Waals surface area contributed by atoms with Gasteiger partial charge in [-0.1, -0.05) is 35.5 Å². The van der Waals surface area contributed by atoms with Crippen LogP contribution in [0.1, 0.15) is 11.4 Å². The monoisotopic (exact) mass is 268 g/mol. The van der Waals surface area contributed by atoms with E-state index in [0.29, 0.717) is 17.8 Å². The minimum Gasteiger partial charge on any atom is -0.508 e. The number of aromatic hydroxyl groups is 2. The molecule has 0 aliphatic carbocycles. The summed E-state index contributed by atoms with van der Waals surface area (Å²) in [5.74, 6) is 0.719. The summed E-state index contributed by atoms with van der Waals surface area (Å²) in [5, 5.41) is 23.1. The fourth-order valence-corrected chi connectivity index (χ4v) is 1.91. The summed E-state index contributed by atoms with van der Waals surface area (Å²) >= 11 is 0. The fourth-order valence-electron chi connectivity index (χ4n) is 1.91. The van der Waals surface area contributed by atoms with Crippen molar-refractivity contribution < 1.29 is 14.7 Å². The topological polar surface area (TPSA) is 79.4 Å². The van der Waals surface area contributed by atoms with Crippen molar-refractivity contribution in [3.63, 3.8) is 0 Å². The molecule has 0 atom stereocenters. The van der Waals surface area contributed by atoms with Gasteiger partial charge in [0.15, 0.2) is 5.82 Å². The van der Waals surface area contributed by atoms with Gasteiger partial charge in [0, 0.05) is 6.42 Å². The number of phenolic OH excluding ortho intramolecular Hbond substituents is 2. The van der Waals surface area contributed by atoms with Crippen molar-refractivity contribution >= 4 is 0 Å². The van der Waals surface area contributed by atoms with Crippen LogP contribution in [-0.2, 0) is 6.42 Å². The summed E-state index contributed by atoms with van der Waals surface area (Å²) in [6.07, 6.45) is 0.546. The Hall–Kier alpha value is -2.82. The second-order valence-electron chi connectivity index (χ2n) is 4.38. The predicted octanol–water partition coefficient (Wildman–Crippen LogP) is 2.74. The van der Waals surface area contributed by atoms with Gasteiger partial charge in [-0.15, -0.1) is 0 Å². The van der Waals surface area contributed by atoms with E-state index >= 15 is 0 Å². The molecular formula is C15H12N2O3. The van der Waals surface area contributed by atoms with Crippen LogP contribution >= 0.6 is 0 Å². The second kappa shape index (κ2) is 5.05. The lowest BCUT2D eigenvalue weighted by Gasteiger charge is -1.99. The molecule has 5 heteroatoms. The van der Waals surface area contributed by atoms with Crippen molar-refractivity contribution in [3.8, 4) is 23.0 Å². The summed E-state index contributed by atoms with van der Waals surface area (Å²) in [5.41, 5.74) is 1.39. The first kappa shape index (κ1) is 12.2. The normalized spacial score (nSPS) is 10.6. The Balaban J connectivity index is 1.88. The summed E-state index contributed by atoms with van der Waals surface area (Å²) in [6, 6.07) is 13.9. The maximum absolute atomic E-state index is 9.75. The van der Waals surface area contributed by atoms with Crippen LogP contribution in [-0.4, -0.2) is 20.4 Å². The molecule has 0 saturated heterocycles. The third-order valence-electron chi connectivity index (χ3n) is 2.88. The molecule has 5 nitrogen and oxygen atoms in total. The fraction of sp³-hybridized carbons (Fsp3) is 0.0667. The van der Waals surface area contributed by atoms with Crippen molar-refractivity contribution in [2.24, 2.45) is 0 Å². The predicted molar refractivity (Wildman–Crippen MR) is 72.3 cm³/mol. The number of nitrogens with zero attached hydrogens (tertiary/aromatic N) is 2. The molecule has 0 aliphatic rings. The molecule has 0 radical (unpaired) electrons. The van der Waals surface area contributed by atoms with Crippen LogP contribution in [0.3, 0.4) is 0 Å². The highest BCUT2D eigenvalue weighted by molar-refractivity contribution is 5.64. The molecule has 0 fully saturated rings. The number of hydrogen-bond donors (Lipinski definition) is 2. The maximum Gasteiger partial charge on any atom is 0.261 e. The van der Waals surface area contributed by atoms with Crippen molar-refractivity contribution in [1.82, 2.24) is 10.1 Å². The third-order valence-corrected chi connectivity index (χ3v) is 2.88. The van der Waals surface area contributed by atoms with E-state index in [9.17, 15) is 10.2 Å². The first-order valence-electron chi connectivity index (χ1n) is 6.11. The Bertz CT molecular complexity index is 723. The molecule has 1 aromatic heterocycles. The van der Waals surface area contributed by atoms with Gasteiger partial charge in [-0.3, -0.25) is 0 Å². The van der Waals surface area contributed by atoms with Gasteiger partial charge in [-0.05, 0) is 23.8 Å². The summed E-state index contributed by atoms with van der Waals surface area (Å²) < 4.78 is 5.13. The van der Waals surface area contributed by atoms with E-state index < -0.39 is 0 Å². The highest BCUT2D eigenvalue weighted by Gasteiger charge is 2.13. The van der Waals surface area contributed by atoms with Gasteiger partial charge in [0.2, 0.25) is 0 Å². The lowest BCUT2D eigenvalue weighted by molar-refractivity contribution is 0.417. The SMILES string of the molecule is Oc1ccc(O)c(-c2nc(Cc3ccccc3)no2)c1. The zero-order valence-electron chi connectivity index (χ0n) is 10.5. The summed E-state index contributed by atoms with van der Waals surface area (Å²) in [6.45, 7) is 0. The quantitative estimate of drug-likeness (QED) is 0.714. The smallest absolute Gasteiger partial charge is 0.261 e. The van der Waals surface area contributed by atoms with Crippen LogP contribution < -0.4 is 0 Å². The minimum absolute atomic E-state index is 0.0160. The Kier molecular flexibility index (Phi) is 3.09. The Morgan fingerprint density at radius 1 is 1.00 bits per heavy atom. The number of aromatic nitrogens is 2. The lowest BCUT2D eigenvalue weighted by atomic mass is 10.1. The van der Waals surface area contributed by atoms with E-state index in [0.717, 1.165) is 5.56 Å². The maximum atomic E-state index is 9.75. The largest absolute Gasteiger partial charge is 0.508 e. The zero-order valence-corrected chi connectivity index (χ0v) is 10.5. The number of rotatable bonds is 3. The van der Waals surface area contributed by atoms with Gasteiger partial charge in [-0.2, -0.15) is 4.98 Å². The molecule has 20 heavy (non-hydrogen) atoms. The van der Waals surface area contributed by atoms with E-state index in [1.807, 2.05) is 30.3 Å². The number of benzene rings is 2. The van der Waals surface area contributed by atoms with Crippen LogP contribution in [0.5, 0.6) is 11.5 Å². The Morgan fingerprint density at radius 3 is 2.60 bits per heavy atom. The van der Waals surface area contributed by atoms with Gasteiger partial charge in [0.25, 0.3) is 5.89 Å². The molecule has 0 aliphatic heterocycles. The first-order chi connectivity index (χ1) is 9.72. The summed E-state index contributed by atoms with van der Waals surface area (Å²) in [7, 11) is 0. The van der Waals surface area contributed by atoms with Gasteiger partial charge in [0.05, 0.1) is 5.56 Å². The zero-order chi connectivity index (χ0) is 13.9. The van der Waals surface area contributed by atoms with E-state index in [-0.39, 0.29) is 17.4 Å².